The fourth-order valence-corrected chi connectivity index (χ4v) is 5.08. The first-order valence-electron chi connectivity index (χ1n) is 12.7. The predicted molar refractivity (Wildman–Crippen MR) is 141 cm³/mol. The molecular formula is C30H38F2N2O2. The topological polar surface area (TPSA) is 49.4 Å². The Kier molecular flexibility index (Phi) is 9.08. The Morgan fingerprint density at radius 2 is 2.00 bits per heavy atom. The molecule has 1 saturated carbocycles. The van der Waals surface area contributed by atoms with Crippen LogP contribution in [0.3, 0.4) is 0 Å². The molecule has 3 atom stereocenters. The van der Waals surface area contributed by atoms with Gasteiger partial charge in [0.05, 0.1) is 12.1 Å². The van der Waals surface area contributed by atoms with E-state index in [1.807, 2.05) is 36.9 Å². The number of fused-ring (bicyclic) bond motifs is 1. The number of rotatable bonds is 14. The molecular weight excluding hydrogens is 458 g/mol. The van der Waals surface area contributed by atoms with Crippen LogP contribution in [0, 0.1) is 31.6 Å². The SMILES string of the molecule is C=C=C(C(C)=O)C1=C(NCC(=O)CC(=C)CCN(CC(C)C(F)F)c2cccc(C)c2C)C[C@H]2C[C@@H]12. The second-order valence-corrected chi connectivity index (χ2v) is 10.4. The van der Waals surface area contributed by atoms with Gasteiger partial charge in [-0.3, -0.25) is 9.59 Å². The Bertz CT molecular complexity index is 1110. The standard InChI is InChI=1S/C30H38F2N2O2/c1-7-25(22(6)35)29-26-14-23(26)15-27(29)33-16-24(36)13-18(2)11-12-34(17-20(4)30(31)32)28-10-8-9-19(3)21(28)5/h8-10,20,23,26,30,33H,1-2,11-17H2,3-6H3/t20?,23-,26-/m1/s1. The molecule has 1 fully saturated rings. The summed E-state index contributed by atoms with van der Waals surface area (Å²) in [5.74, 6) is 0.104. The van der Waals surface area contributed by atoms with Gasteiger partial charge in [0.2, 0.25) is 6.43 Å². The van der Waals surface area contributed by atoms with Crippen molar-refractivity contribution in [2.24, 2.45) is 17.8 Å². The number of Topliss-reactive ketones (excluding diaryl/α,β-unsaturated/α-hetero) is 2. The number of aryl methyl sites for hydroxylation is 1. The van der Waals surface area contributed by atoms with E-state index in [1.165, 1.54) is 6.92 Å². The fourth-order valence-electron chi connectivity index (χ4n) is 5.08. The largest absolute Gasteiger partial charge is 0.381 e. The van der Waals surface area contributed by atoms with Crippen LogP contribution in [0.15, 0.2) is 59.5 Å². The number of carbonyl (C=O) groups is 2. The number of carbonyl (C=O) groups excluding carboxylic acids is 2. The highest BCUT2D eigenvalue weighted by Crippen LogP contribution is 2.56. The Hall–Kier alpha value is -2.98. The maximum Gasteiger partial charge on any atom is 0.242 e. The highest BCUT2D eigenvalue weighted by atomic mass is 19.3. The molecule has 1 N–H and O–H groups in total. The summed E-state index contributed by atoms with van der Waals surface area (Å²) in [6, 6.07) is 5.91. The molecule has 0 saturated heterocycles. The molecule has 3 rings (SSSR count). The van der Waals surface area contributed by atoms with Crippen LogP contribution >= 0.6 is 0 Å². The average Bonchev–Trinajstić information content (AvgIpc) is 3.49. The van der Waals surface area contributed by atoms with Crippen molar-refractivity contribution in [1.82, 2.24) is 5.32 Å². The number of anilines is 1. The van der Waals surface area contributed by atoms with Crippen molar-refractivity contribution in [3.8, 4) is 0 Å². The van der Waals surface area contributed by atoms with Gasteiger partial charge in [-0.05, 0) is 74.6 Å². The van der Waals surface area contributed by atoms with Gasteiger partial charge in [-0.25, -0.2) is 8.78 Å². The van der Waals surface area contributed by atoms with Crippen molar-refractivity contribution in [3.05, 3.63) is 70.6 Å². The second kappa shape index (κ2) is 11.8. The number of allylic oxidation sites excluding steroid dienone is 3. The van der Waals surface area contributed by atoms with Gasteiger partial charge in [0, 0.05) is 36.8 Å². The van der Waals surface area contributed by atoms with Crippen molar-refractivity contribution in [3.63, 3.8) is 0 Å². The van der Waals surface area contributed by atoms with Crippen LogP contribution in [0.25, 0.3) is 0 Å². The molecule has 0 bridgehead atoms. The lowest BCUT2D eigenvalue weighted by Gasteiger charge is -2.30. The molecule has 36 heavy (non-hydrogen) atoms. The zero-order valence-corrected chi connectivity index (χ0v) is 21.9. The third kappa shape index (κ3) is 6.61. The molecule has 1 aromatic carbocycles. The molecule has 0 spiro atoms. The molecule has 0 radical (unpaired) electrons. The first kappa shape index (κ1) is 27.6. The van der Waals surface area contributed by atoms with E-state index in [9.17, 15) is 18.4 Å². The van der Waals surface area contributed by atoms with E-state index in [4.69, 9.17) is 0 Å². The maximum atomic E-state index is 13.3. The van der Waals surface area contributed by atoms with Crippen LogP contribution in [0.4, 0.5) is 14.5 Å². The molecule has 0 heterocycles. The van der Waals surface area contributed by atoms with Crippen LogP contribution in [0.5, 0.6) is 0 Å². The van der Waals surface area contributed by atoms with E-state index < -0.39 is 12.3 Å². The van der Waals surface area contributed by atoms with Crippen molar-refractivity contribution < 1.29 is 18.4 Å². The van der Waals surface area contributed by atoms with Gasteiger partial charge in [-0.15, -0.1) is 5.73 Å². The number of hydrogen-bond donors (Lipinski definition) is 1. The summed E-state index contributed by atoms with van der Waals surface area (Å²) in [6.45, 7) is 15.8. The zero-order chi connectivity index (χ0) is 26.6. The van der Waals surface area contributed by atoms with E-state index in [1.54, 1.807) is 6.92 Å². The third-order valence-electron chi connectivity index (χ3n) is 7.42. The van der Waals surface area contributed by atoms with Gasteiger partial charge in [0.1, 0.15) is 0 Å². The second-order valence-electron chi connectivity index (χ2n) is 10.4. The van der Waals surface area contributed by atoms with Crippen molar-refractivity contribution >= 4 is 17.3 Å². The third-order valence-corrected chi connectivity index (χ3v) is 7.42. The zero-order valence-electron chi connectivity index (χ0n) is 21.9. The number of ketones is 2. The molecule has 194 valence electrons. The summed E-state index contributed by atoms with van der Waals surface area (Å²) in [5.41, 5.74) is 9.16. The minimum absolute atomic E-state index is 0.0126. The number of benzene rings is 1. The van der Waals surface area contributed by atoms with Crippen LogP contribution in [0.1, 0.15) is 50.7 Å². The Labute approximate surface area is 213 Å². The van der Waals surface area contributed by atoms with Gasteiger partial charge >= 0.3 is 0 Å². The summed E-state index contributed by atoms with van der Waals surface area (Å²) < 4.78 is 26.6. The number of halogens is 2. The smallest absolute Gasteiger partial charge is 0.242 e. The lowest BCUT2D eigenvalue weighted by Crippen LogP contribution is -2.33. The van der Waals surface area contributed by atoms with E-state index in [0.717, 1.165) is 46.5 Å². The highest BCUT2D eigenvalue weighted by molar-refractivity contribution is 5.98. The molecule has 0 aliphatic heterocycles. The van der Waals surface area contributed by atoms with Crippen LogP contribution in [0.2, 0.25) is 0 Å². The van der Waals surface area contributed by atoms with Crippen LogP contribution in [-0.2, 0) is 9.59 Å². The van der Waals surface area contributed by atoms with Crippen LogP contribution in [-0.4, -0.2) is 37.6 Å². The highest BCUT2D eigenvalue weighted by Gasteiger charge is 2.48. The molecule has 4 nitrogen and oxygen atoms in total. The van der Waals surface area contributed by atoms with Crippen molar-refractivity contribution in [2.75, 3.05) is 24.5 Å². The van der Waals surface area contributed by atoms with Crippen molar-refractivity contribution in [1.29, 1.82) is 0 Å². The van der Waals surface area contributed by atoms with E-state index in [2.05, 4.69) is 24.2 Å². The van der Waals surface area contributed by atoms with Gasteiger partial charge < -0.3 is 10.2 Å². The lowest BCUT2D eigenvalue weighted by atomic mass is 9.99. The molecule has 1 unspecified atom stereocenters. The van der Waals surface area contributed by atoms with Crippen molar-refractivity contribution in [2.45, 2.75) is 59.8 Å². The summed E-state index contributed by atoms with van der Waals surface area (Å²) >= 11 is 0. The van der Waals surface area contributed by atoms with Gasteiger partial charge in [-0.1, -0.05) is 37.8 Å². The number of alkyl halides is 2. The minimum atomic E-state index is -2.39. The Morgan fingerprint density at radius 1 is 1.28 bits per heavy atom. The minimum Gasteiger partial charge on any atom is -0.381 e. The van der Waals surface area contributed by atoms with E-state index in [-0.39, 0.29) is 31.1 Å². The predicted octanol–water partition coefficient (Wildman–Crippen LogP) is 6.10. The number of nitrogens with zero attached hydrogens (tertiary/aromatic N) is 1. The van der Waals surface area contributed by atoms with E-state index in [0.29, 0.717) is 30.4 Å². The number of nitrogens with one attached hydrogen (secondary N) is 1. The summed E-state index contributed by atoms with van der Waals surface area (Å²) in [5, 5.41) is 3.26. The molecule has 2 aliphatic carbocycles. The maximum absolute atomic E-state index is 13.3. The Morgan fingerprint density at radius 3 is 2.64 bits per heavy atom. The fraction of sp³-hybridized carbons (Fsp3) is 0.500. The Balaban J connectivity index is 1.58. The molecule has 1 aromatic rings. The first-order valence-corrected chi connectivity index (χ1v) is 12.7. The molecule has 0 aromatic heterocycles. The van der Waals surface area contributed by atoms with Gasteiger partial charge in [0.15, 0.2) is 11.6 Å². The summed E-state index contributed by atoms with van der Waals surface area (Å²) in [4.78, 5) is 26.7. The quantitative estimate of drug-likeness (QED) is 0.192. The molecule has 6 heteroatoms. The summed E-state index contributed by atoms with van der Waals surface area (Å²) in [7, 11) is 0. The lowest BCUT2D eigenvalue weighted by molar-refractivity contribution is -0.117. The average molecular weight is 497 g/mol. The van der Waals surface area contributed by atoms with Gasteiger partial charge in [-0.2, -0.15) is 0 Å². The summed E-state index contributed by atoms with van der Waals surface area (Å²) in [6.07, 6.45) is 0.296. The van der Waals surface area contributed by atoms with Crippen LogP contribution < -0.4 is 10.2 Å². The van der Waals surface area contributed by atoms with E-state index >= 15 is 0 Å². The first-order chi connectivity index (χ1) is 17.0. The molecule has 0 amide bonds. The number of hydrogen-bond acceptors (Lipinski definition) is 4. The normalized spacial score (nSPS) is 19.0. The monoisotopic (exact) mass is 496 g/mol. The molecule has 2 aliphatic rings. The van der Waals surface area contributed by atoms with Gasteiger partial charge in [0.25, 0.3) is 0 Å².